The Hall–Kier alpha value is -1.91. The molecular formula is C12H12FIN2O5. The molecule has 1 rings (SSSR count). The molecule has 0 radical (unpaired) electrons. The summed E-state index contributed by atoms with van der Waals surface area (Å²) in [6, 6.07) is 1.56. The van der Waals surface area contributed by atoms with E-state index in [1.807, 2.05) is 22.6 Å². The van der Waals surface area contributed by atoms with Crippen LogP contribution in [0.1, 0.15) is 12.8 Å². The first-order chi connectivity index (χ1) is 9.79. The fourth-order valence-corrected chi connectivity index (χ4v) is 2.04. The van der Waals surface area contributed by atoms with E-state index in [1.54, 1.807) is 0 Å². The molecule has 0 saturated carbocycles. The molecule has 1 atom stereocenters. The minimum absolute atomic E-state index is 0.238. The van der Waals surface area contributed by atoms with Gasteiger partial charge in [0, 0.05) is 9.99 Å². The zero-order valence-electron chi connectivity index (χ0n) is 10.6. The third-order valence-electron chi connectivity index (χ3n) is 2.43. The van der Waals surface area contributed by atoms with Gasteiger partial charge < -0.3 is 20.8 Å². The summed E-state index contributed by atoms with van der Waals surface area (Å²) in [4.78, 5) is 33.0. The van der Waals surface area contributed by atoms with Crippen LogP contribution in [0.4, 0.5) is 14.9 Å². The van der Waals surface area contributed by atoms with Crippen LogP contribution < -0.4 is 10.6 Å². The Bertz CT molecular complexity index is 567. The van der Waals surface area contributed by atoms with E-state index in [9.17, 15) is 18.8 Å². The number of carbonyl (C=O) groups is 3. The summed E-state index contributed by atoms with van der Waals surface area (Å²) in [6.07, 6.45) is -0.621. The zero-order chi connectivity index (χ0) is 16.0. The highest BCUT2D eigenvalue weighted by atomic mass is 127. The van der Waals surface area contributed by atoms with Gasteiger partial charge in [-0.1, -0.05) is 0 Å². The van der Waals surface area contributed by atoms with Crippen molar-refractivity contribution in [3.63, 3.8) is 0 Å². The summed E-state index contributed by atoms with van der Waals surface area (Å²) in [5.74, 6) is -2.95. The summed E-state index contributed by atoms with van der Waals surface area (Å²) >= 11 is 1.82. The number of benzene rings is 1. The van der Waals surface area contributed by atoms with E-state index >= 15 is 0 Å². The number of urea groups is 1. The number of hydrogen-bond donors (Lipinski definition) is 4. The number of aliphatic carboxylic acids is 2. The summed E-state index contributed by atoms with van der Waals surface area (Å²) in [6.45, 7) is 0. The SMILES string of the molecule is O=C(O)CC[C@H](NC(=O)Nc1ccc(F)cc1I)C(=O)O. The minimum atomic E-state index is -1.33. The van der Waals surface area contributed by atoms with Gasteiger partial charge in [0.05, 0.1) is 5.69 Å². The van der Waals surface area contributed by atoms with E-state index in [0.717, 1.165) is 6.07 Å². The Morgan fingerprint density at radius 3 is 2.48 bits per heavy atom. The molecule has 0 heterocycles. The van der Waals surface area contributed by atoms with Crippen LogP contribution in [0.5, 0.6) is 0 Å². The molecule has 0 aromatic heterocycles. The van der Waals surface area contributed by atoms with Crippen LogP contribution in [0.3, 0.4) is 0 Å². The fraction of sp³-hybridized carbons (Fsp3) is 0.250. The molecule has 2 amide bonds. The lowest BCUT2D eigenvalue weighted by molar-refractivity contribution is -0.140. The number of amides is 2. The number of halogens is 2. The average molecular weight is 410 g/mol. The van der Waals surface area contributed by atoms with Crippen LogP contribution in [0.2, 0.25) is 0 Å². The van der Waals surface area contributed by atoms with Crippen molar-refractivity contribution in [1.29, 1.82) is 0 Å². The van der Waals surface area contributed by atoms with Crippen molar-refractivity contribution < 1.29 is 29.0 Å². The molecule has 1 aromatic rings. The topological polar surface area (TPSA) is 116 Å². The summed E-state index contributed by atoms with van der Waals surface area (Å²) < 4.78 is 13.4. The van der Waals surface area contributed by atoms with Crippen LogP contribution in [-0.4, -0.2) is 34.2 Å². The number of hydrogen-bond acceptors (Lipinski definition) is 3. The maximum Gasteiger partial charge on any atom is 0.326 e. The Balaban J connectivity index is 2.65. The molecule has 7 nitrogen and oxygen atoms in total. The maximum atomic E-state index is 12.9. The molecule has 0 aliphatic heterocycles. The Kier molecular flexibility index (Phi) is 6.34. The molecule has 114 valence electrons. The molecule has 0 fully saturated rings. The first-order valence-corrected chi connectivity index (χ1v) is 6.84. The highest BCUT2D eigenvalue weighted by Gasteiger charge is 2.21. The molecular weight excluding hydrogens is 398 g/mol. The van der Waals surface area contributed by atoms with Gasteiger partial charge in [-0.3, -0.25) is 4.79 Å². The van der Waals surface area contributed by atoms with Crippen molar-refractivity contribution in [3.8, 4) is 0 Å². The van der Waals surface area contributed by atoms with Crippen molar-refractivity contribution in [3.05, 3.63) is 27.6 Å². The van der Waals surface area contributed by atoms with Gasteiger partial charge in [0.25, 0.3) is 0 Å². The number of carboxylic acid groups (broad SMARTS) is 2. The number of nitrogens with one attached hydrogen (secondary N) is 2. The van der Waals surface area contributed by atoms with Crippen molar-refractivity contribution >= 4 is 46.2 Å². The van der Waals surface area contributed by atoms with E-state index < -0.39 is 29.8 Å². The van der Waals surface area contributed by atoms with Gasteiger partial charge in [0.1, 0.15) is 11.9 Å². The molecule has 9 heteroatoms. The fourth-order valence-electron chi connectivity index (χ4n) is 1.43. The van der Waals surface area contributed by atoms with Crippen LogP contribution in [-0.2, 0) is 9.59 Å². The second-order valence-electron chi connectivity index (χ2n) is 4.05. The van der Waals surface area contributed by atoms with E-state index in [2.05, 4.69) is 10.6 Å². The Labute approximate surface area is 132 Å². The minimum Gasteiger partial charge on any atom is -0.481 e. The number of anilines is 1. The maximum absolute atomic E-state index is 12.9. The Morgan fingerprint density at radius 2 is 1.95 bits per heavy atom. The molecule has 0 aliphatic rings. The van der Waals surface area contributed by atoms with Crippen molar-refractivity contribution in [1.82, 2.24) is 5.32 Å². The van der Waals surface area contributed by atoms with Crippen molar-refractivity contribution in [2.24, 2.45) is 0 Å². The van der Waals surface area contributed by atoms with Crippen LogP contribution in [0, 0.1) is 9.39 Å². The Morgan fingerprint density at radius 1 is 1.29 bits per heavy atom. The van der Waals surface area contributed by atoms with E-state index in [0.29, 0.717) is 9.26 Å². The normalized spacial score (nSPS) is 11.5. The molecule has 0 saturated heterocycles. The van der Waals surface area contributed by atoms with Crippen LogP contribution in [0.15, 0.2) is 18.2 Å². The zero-order valence-corrected chi connectivity index (χ0v) is 12.8. The largest absolute Gasteiger partial charge is 0.481 e. The monoisotopic (exact) mass is 410 g/mol. The van der Waals surface area contributed by atoms with Gasteiger partial charge in [-0.05, 0) is 47.2 Å². The van der Waals surface area contributed by atoms with E-state index in [4.69, 9.17) is 10.2 Å². The van der Waals surface area contributed by atoms with Gasteiger partial charge in [-0.2, -0.15) is 0 Å². The predicted molar refractivity (Wildman–Crippen MR) is 79.6 cm³/mol. The number of rotatable bonds is 6. The molecule has 0 bridgehead atoms. The van der Waals surface area contributed by atoms with Gasteiger partial charge in [0.15, 0.2) is 0 Å². The predicted octanol–water partition coefficient (Wildman–Crippen LogP) is 1.87. The number of carbonyl (C=O) groups excluding carboxylic acids is 1. The van der Waals surface area contributed by atoms with Crippen LogP contribution >= 0.6 is 22.6 Å². The summed E-state index contributed by atoms with van der Waals surface area (Å²) in [5, 5.41) is 22.0. The summed E-state index contributed by atoms with van der Waals surface area (Å²) in [5.41, 5.74) is 0.317. The number of carboxylic acids is 2. The molecule has 4 N–H and O–H groups in total. The first-order valence-electron chi connectivity index (χ1n) is 5.76. The molecule has 0 unspecified atom stereocenters. The standard InChI is InChI=1S/C12H12FIN2O5/c13-6-1-2-8(7(14)5-6)15-12(21)16-9(11(19)20)3-4-10(17)18/h1-2,5,9H,3-4H2,(H,17,18)(H,19,20)(H2,15,16,21)/t9-/m0/s1. The summed E-state index contributed by atoms with van der Waals surface area (Å²) in [7, 11) is 0. The third-order valence-corrected chi connectivity index (χ3v) is 3.32. The lowest BCUT2D eigenvalue weighted by Crippen LogP contribution is -2.43. The first kappa shape index (κ1) is 17.1. The molecule has 0 spiro atoms. The highest BCUT2D eigenvalue weighted by molar-refractivity contribution is 14.1. The molecule has 0 aliphatic carbocycles. The van der Waals surface area contributed by atoms with Crippen LogP contribution in [0.25, 0.3) is 0 Å². The quantitative estimate of drug-likeness (QED) is 0.535. The van der Waals surface area contributed by atoms with E-state index in [-0.39, 0.29) is 12.8 Å². The van der Waals surface area contributed by atoms with E-state index in [1.165, 1.54) is 12.1 Å². The third kappa shape index (κ3) is 5.94. The van der Waals surface area contributed by atoms with Gasteiger partial charge >= 0.3 is 18.0 Å². The molecule has 1 aromatic carbocycles. The highest BCUT2D eigenvalue weighted by Crippen LogP contribution is 2.18. The lowest BCUT2D eigenvalue weighted by Gasteiger charge is -2.15. The lowest BCUT2D eigenvalue weighted by atomic mass is 10.1. The van der Waals surface area contributed by atoms with Gasteiger partial charge in [0.2, 0.25) is 0 Å². The van der Waals surface area contributed by atoms with Crippen molar-refractivity contribution in [2.45, 2.75) is 18.9 Å². The van der Waals surface area contributed by atoms with Gasteiger partial charge in [-0.25, -0.2) is 14.0 Å². The smallest absolute Gasteiger partial charge is 0.326 e. The average Bonchev–Trinajstić information content (AvgIpc) is 2.37. The second kappa shape index (κ2) is 7.76. The second-order valence-corrected chi connectivity index (χ2v) is 5.21. The van der Waals surface area contributed by atoms with Gasteiger partial charge in [-0.15, -0.1) is 0 Å². The van der Waals surface area contributed by atoms with Crippen molar-refractivity contribution in [2.75, 3.05) is 5.32 Å². The molecule has 21 heavy (non-hydrogen) atoms.